The van der Waals surface area contributed by atoms with E-state index in [4.69, 9.17) is 9.47 Å². The second-order valence-corrected chi connectivity index (χ2v) is 6.10. The molecule has 3 heterocycles. The molecule has 1 aromatic carbocycles. The van der Waals surface area contributed by atoms with Crippen molar-refractivity contribution in [1.29, 1.82) is 0 Å². The van der Waals surface area contributed by atoms with Gasteiger partial charge in [-0.1, -0.05) is 17.3 Å². The number of carbonyl (C=O) groups excluding carboxylic acids is 1. The maximum absolute atomic E-state index is 12.2. The second-order valence-electron chi connectivity index (χ2n) is 5.09. The van der Waals surface area contributed by atoms with Crippen LogP contribution in [0, 0.1) is 11.8 Å². The lowest BCUT2D eigenvalue weighted by atomic mass is 10.1. The van der Waals surface area contributed by atoms with Gasteiger partial charge in [-0.25, -0.2) is 9.78 Å². The minimum absolute atomic E-state index is 0.0442. The summed E-state index contributed by atoms with van der Waals surface area (Å²) < 4.78 is 11.8. The van der Waals surface area contributed by atoms with E-state index in [0.29, 0.717) is 16.6 Å². The number of carbonyl (C=O) groups is 1. The molecule has 112 valence electrons. The first-order valence-electron chi connectivity index (χ1n) is 6.90. The molecule has 1 unspecified atom stereocenters. The molecule has 2 amide bonds. The molecule has 1 aromatic heterocycles. The Hall–Kier alpha value is -2.46. The number of aromatic nitrogens is 1. The van der Waals surface area contributed by atoms with Gasteiger partial charge < -0.3 is 14.8 Å². The Labute approximate surface area is 131 Å². The maximum atomic E-state index is 12.2. The number of nitrogens with zero attached hydrogens (tertiary/aromatic N) is 2. The molecule has 7 heteroatoms. The predicted molar refractivity (Wildman–Crippen MR) is 83.5 cm³/mol. The lowest BCUT2D eigenvalue weighted by Gasteiger charge is -2.17. The average molecular weight is 315 g/mol. The van der Waals surface area contributed by atoms with Crippen LogP contribution in [0.1, 0.15) is 13.8 Å². The third-order valence-corrected chi connectivity index (χ3v) is 4.72. The predicted octanol–water partition coefficient (Wildman–Crippen LogP) is 2.33. The van der Waals surface area contributed by atoms with Crippen LogP contribution in [0.2, 0.25) is 0 Å². The van der Waals surface area contributed by atoms with Gasteiger partial charge in [0.05, 0.1) is 10.7 Å². The maximum Gasteiger partial charge on any atom is 0.325 e. The summed E-state index contributed by atoms with van der Waals surface area (Å²) in [6.45, 7) is 3.91. The molecule has 0 saturated carbocycles. The van der Waals surface area contributed by atoms with Crippen LogP contribution < -0.4 is 19.7 Å². The van der Waals surface area contributed by atoms with Gasteiger partial charge in [0.25, 0.3) is 0 Å². The Kier molecular flexibility index (Phi) is 2.87. The molecule has 1 N–H and O–H groups in total. The fourth-order valence-corrected chi connectivity index (χ4v) is 3.68. The van der Waals surface area contributed by atoms with E-state index < -0.39 is 0 Å². The molecular formula is C15H13N3O3S. The van der Waals surface area contributed by atoms with Crippen LogP contribution in [0.25, 0.3) is 10.2 Å². The van der Waals surface area contributed by atoms with Gasteiger partial charge in [-0.2, -0.15) is 0 Å². The Bertz CT molecular complexity index is 836. The third kappa shape index (κ3) is 1.81. The highest BCUT2D eigenvalue weighted by atomic mass is 32.1. The minimum atomic E-state index is -0.219. The highest BCUT2D eigenvalue weighted by Gasteiger charge is 2.38. The van der Waals surface area contributed by atoms with E-state index >= 15 is 0 Å². The summed E-state index contributed by atoms with van der Waals surface area (Å²) >= 11 is 1.45. The number of amides is 2. The van der Waals surface area contributed by atoms with E-state index in [9.17, 15) is 4.79 Å². The molecule has 2 aliphatic rings. The molecule has 0 radical (unpaired) electrons. The quantitative estimate of drug-likeness (QED) is 0.821. The van der Waals surface area contributed by atoms with Crippen molar-refractivity contribution in [2.45, 2.75) is 25.9 Å². The van der Waals surface area contributed by atoms with Crippen LogP contribution >= 0.6 is 11.3 Å². The van der Waals surface area contributed by atoms with E-state index in [1.807, 2.05) is 19.1 Å². The van der Waals surface area contributed by atoms with Gasteiger partial charge in [-0.3, -0.25) is 4.90 Å². The standard InChI is InChI=1S/C15H13N3O3S/c1-3-4-9-8(2)16-14(19)18(9)15-17-12-11(22-15)6-5-10-13(12)21-7-20-10/h5-6,8-9H,7H2,1-2H3,(H,16,19)/t8-,9?/m0/s1. The number of urea groups is 1. The number of ether oxygens (including phenoxy) is 2. The number of benzene rings is 1. The van der Waals surface area contributed by atoms with Gasteiger partial charge in [0.2, 0.25) is 6.79 Å². The molecule has 1 fully saturated rings. The number of fused-ring (bicyclic) bond motifs is 3. The zero-order chi connectivity index (χ0) is 15.3. The van der Waals surface area contributed by atoms with Crippen molar-refractivity contribution in [3.8, 4) is 23.3 Å². The summed E-state index contributed by atoms with van der Waals surface area (Å²) in [5.41, 5.74) is 0.727. The largest absolute Gasteiger partial charge is 0.454 e. The number of thiazole rings is 1. The molecule has 0 aliphatic carbocycles. The van der Waals surface area contributed by atoms with E-state index in [-0.39, 0.29) is 24.9 Å². The summed E-state index contributed by atoms with van der Waals surface area (Å²) in [5.74, 6) is 7.29. The lowest BCUT2D eigenvalue weighted by Crippen LogP contribution is -2.34. The molecule has 2 aliphatic heterocycles. The van der Waals surface area contributed by atoms with Crippen molar-refractivity contribution in [3.05, 3.63) is 12.1 Å². The van der Waals surface area contributed by atoms with E-state index in [2.05, 4.69) is 22.1 Å². The van der Waals surface area contributed by atoms with E-state index in [0.717, 1.165) is 10.2 Å². The van der Waals surface area contributed by atoms with Gasteiger partial charge >= 0.3 is 6.03 Å². The van der Waals surface area contributed by atoms with Crippen molar-refractivity contribution in [1.82, 2.24) is 10.3 Å². The van der Waals surface area contributed by atoms with Crippen LogP contribution in [-0.4, -0.2) is 29.9 Å². The molecular weight excluding hydrogens is 302 g/mol. The summed E-state index contributed by atoms with van der Waals surface area (Å²) in [6, 6.07) is 3.36. The van der Waals surface area contributed by atoms with Crippen LogP contribution in [0.5, 0.6) is 11.5 Å². The fourth-order valence-electron chi connectivity index (χ4n) is 2.68. The first kappa shape index (κ1) is 13.2. The number of nitrogens with one attached hydrogen (secondary N) is 1. The van der Waals surface area contributed by atoms with Crippen molar-refractivity contribution in [2.24, 2.45) is 0 Å². The molecule has 2 atom stereocenters. The fraction of sp³-hybridized carbons (Fsp3) is 0.333. The van der Waals surface area contributed by atoms with Gasteiger partial charge in [0.15, 0.2) is 16.6 Å². The van der Waals surface area contributed by atoms with Crippen molar-refractivity contribution in [2.75, 3.05) is 11.7 Å². The monoisotopic (exact) mass is 315 g/mol. The molecule has 4 rings (SSSR count). The first-order chi connectivity index (χ1) is 10.7. The van der Waals surface area contributed by atoms with Gasteiger partial charge in [-0.05, 0) is 26.0 Å². The summed E-state index contributed by atoms with van der Waals surface area (Å²) in [6.07, 6.45) is 0. The molecule has 6 nitrogen and oxygen atoms in total. The van der Waals surface area contributed by atoms with Crippen LogP contribution in [0.15, 0.2) is 12.1 Å². The molecule has 1 saturated heterocycles. The van der Waals surface area contributed by atoms with Gasteiger partial charge in [0.1, 0.15) is 11.6 Å². The smallest absolute Gasteiger partial charge is 0.325 e. The van der Waals surface area contributed by atoms with Crippen LogP contribution in [-0.2, 0) is 0 Å². The normalized spacial score (nSPS) is 22.6. The molecule has 0 spiro atoms. The number of anilines is 1. The van der Waals surface area contributed by atoms with Crippen LogP contribution in [0.3, 0.4) is 0 Å². The van der Waals surface area contributed by atoms with Gasteiger partial charge in [0, 0.05) is 0 Å². The van der Waals surface area contributed by atoms with E-state index in [1.165, 1.54) is 11.3 Å². The SMILES string of the molecule is CC#CC1[C@H](C)NC(=O)N1c1nc2c3c(ccc2s1)OCO3. The summed E-state index contributed by atoms with van der Waals surface area (Å²) in [4.78, 5) is 18.5. The zero-order valence-corrected chi connectivity index (χ0v) is 12.9. The van der Waals surface area contributed by atoms with Crippen molar-refractivity contribution >= 4 is 32.7 Å². The van der Waals surface area contributed by atoms with Crippen LogP contribution in [0.4, 0.5) is 9.93 Å². The highest BCUT2D eigenvalue weighted by molar-refractivity contribution is 7.22. The highest BCUT2D eigenvalue weighted by Crippen LogP contribution is 2.43. The van der Waals surface area contributed by atoms with Gasteiger partial charge in [-0.15, -0.1) is 5.92 Å². The zero-order valence-electron chi connectivity index (χ0n) is 12.0. The topological polar surface area (TPSA) is 63.7 Å². The second kappa shape index (κ2) is 4.78. The minimum Gasteiger partial charge on any atom is -0.454 e. The Morgan fingerprint density at radius 1 is 1.45 bits per heavy atom. The van der Waals surface area contributed by atoms with Crippen molar-refractivity contribution in [3.63, 3.8) is 0 Å². The van der Waals surface area contributed by atoms with Crippen molar-refractivity contribution < 1.29 is 14.3 Å². The number of hydrogen-bond acceptors (Lipinski definition) is 5. The molecule has 2 aromatic rings. The summed E-state index contributed by atoms with van der Waals surface area (Å²) in [5, 5.41) is 3.51. The summed E-state index contributed by atoms with van der Waals surface area (Å²) in [7, 11) is 0. The Morgan fingerprint density at radius 3 is 3.14 bits per heavy atom. The van der Waals surface area contributed by atoms with E-state index in [1.54, 1.807) is 11.8 Å². The Morgan fingerprint density at radius 2 is 2.32 bits per heavy atom. The molecule has 0 bridgehead atoms. The molecule has 22 heavy (non-hydrogen) atoms. The first-order valence-corrected chi connectivity index (χ1v) is 7.72. The number of rotatable bonds is 1. The average Bonchev–Trinajstić information content (AvgIpc) is 3.16. The lowest BCUT2D eigenvalue weighted by molar-refractivity contribution is 0.174. The number of hydrogen-bond donors (Lipinski definition) is 1. The third-order valence-electron chi connectivity index (χ3n) is 3.70. The Balaban J connectivity index is 1.83.